The first-order valence-electron chi connectivity index (χ1n) is 5.49. The highest BCUT2D eigenvalue weighted by Crippen LogP contribution is 2.17. The lowest BCUT2D eigenvalue weighted by atomic mass is 10.1. The van der Waals surface area contributed by atoms with E-state index in [2.05, 4.69) is 10.4 Å². The Kier molecular flexibility index (Phi) is 3.36. The summed E-state index contributed by atoms with van der Waals surface area (Å²) in [6.45, 7) is 1.42. The Balaban J connectivity index is 2.10. The van der Waals surface area contributed by atoms with E-state index in [9.17, 15) is 4.79 Å². The molecule has 1 aromatic rings. The molecule has 0 saturated carbocycles. The van der Waals surface area contributed by atoms with Gasteiger partial charge in [-0.15, -0.1) is 0 Å². The lowest BCUT2D eigenvalue weighted by molar-refractivity contribution is -0.133. The first kappa shape index (κ1) is 10.9. The third-order valence-electron chi connectivity index (χ3n) is 2.81. The molecule has 1 aliphatic rings. The number of likely N-dealkylation sites (tertiary alicyclic amines) is 1. The number of aromatic nitrogens is 1. The van der Waals surface area contributed by atoms with Crippen LogP contribution in [-0.4, -0.2) is 22.3 Å². The predicted molar refractivity (Wildman–Crippen MR) is 61.3 cm³/mol. The predicted octanol–water partition coefficient (Wildman–Crippen LogP) is 0.880. The van der Waals surface area contributed by atoms with E-state index in [1.807, 2.05) is 17.0 Å². The number of hydrazine groups is 1. The molecule has 0 radical (unpaired) electrons. The van der Waals surface area contributed by atoms with Crippen molar-refractivity contribution >= 4 is 11.7 Å². The fraction of sp³-hybridized carbons (Fsp3) is 0.455. The van der Waals surface area contributed by atoms with Crippen molar-refractivity contribution in [2.24, 2.45) is 5.84 Å². The van der Waals surface area contributed by atoms with Gasteiger partial charge in [-0.3, -0.25) is 4.79 Å². The normalized spacial score (nSPS) is 16.3. The van der Waals surface area contributed by atoms with E-state index >= 15 is 0 Å². The van der Waals surface area contributed by atoms with Gasteiger partial charge in [-0.2, -0.15) is 0 Å². The van der Waals surface area contributed by atoms with E-state index in [1.165, 1.54) is 0 Å². The van der Waals surface area contributed by atoms with E-state index in [0.717, 1.165) is 24.9 Å². The van der Waals surface area contributed by atoms with Gasteiger partial charge in [-0.25, -0.2) is 10.8 Å². The van der Waals surface area contributed by atoms with Crippen LogP contribution in [0.15, 0.2) is 18.3 Å². The lowest BCUT2D eigenvalue weighted by Gasteiger charge is -2.27. The van der Waals surface area contributed by atoms with Crippen molar-refractivity contribution in [3.05, 3.63) is 23.9 Å². The second-order valence-corrected chi connectivity index (χ2v) is 3.93. The van der Waals surface area contributed by atoms with Crippen molar-refractivity contribution in [3.8, 4) is 0 Å². The van der Waals surface area contributed by atoms with Gasteiger partial charge in [0.05, 0.1) is 0 Å². The zero-order chi connectivity index (χ0) is 11.4. The van der Waals surface area contributed by atoms with Crippen LogP contribution in [0.1, 0.15) is 24.8 Å². The molecule has 0 atom stereocenters. The number of hydrogen-bond donors (Lipinski definition) is 2. The number of carbonyl (C=O) groups is 1. The summed E-state index contributed by atoms with van der Waals surface area (Å²) >= 11 is 0. The number of hydrogen-bond acceptors (Lipinski definition) is 4. The first-order valence-corrected chi connectivity index (χ1v) is 5.49. The number of nitrogens with one attached hydrogen (secondary N) is 1. The summed E-state index contributed by atoms with van der Waals surface area (Å²) in [5, 5.41) is 0. The van der Waals surface area contributed by atoms with Gasteiger partial charge < -0.3 is 10.3 Å². The zero-order valence-corrected chi connectivity index (χ0v) is 9.15. The lowest BCUT2D eigenvalue weighted by Crippen LogP contribution is -2.35. The summed E-state index contributed by atoms with van der Waals surface area (Å²) in [7, 11) is 0. The summed E-state index contributed by atoms with van der Waals surface area (Å²) in [5.74, 6) is 6.23. The van der Waals surface area contributed by atoms with Crippen LogP contribution in [0.25, 0.3) is 0 Å². The van der Waals surface area contributed by atoms with Crippen LogP contribution < -0.4 is 11.3 Å². The molecular weight excluding hydrogens is 204 g/mol. The van der Waals surface area contributed by atoms with Crippen molar-refractivity contribution in [2.45, 2.75) is 25.8 Å². The van der Waals surface area contributed by atoms with Gasteiger partial charge in [0.15, 0.2) is 0 Å². The Labute approximate surface area is 94.6 Å². The van der Waals surface area contributed by atoms with Gasteiger partial charge in [0.1, 0.15) is 5.82 Å². The maximum absolute atomic E-state index is 11.7. The monoisotopic (exact) mass is 220 g/mol. The third kappa shape index (κ3) is 2.30. The molecule has 2 heterocycles. The van der Waals surface area contributed by atoms with Gasteiger partial charge in [0.25, 0.3) is 0 Å². The average Bonchev–Trinajstić information content (AvgIpc) is 2.33. The highest BCUT2D eigenvalue weighted by molar-refractivity contribution is 5.77. The highest BCUT2D eigenvalue weighted by Gasteiger charge is 2.19. The van der Waals surface area contributed by atoms with Gasteiger partial charge >= 0.3 is 0 Å². The quantitative estimate of drug-likeness (QED) is 0.586. The second-order valence-electron chi connectivity index (χ2n) is 3.93. The molecule has 0 unspecified atom stereocenters. The fourth-order valence-electron chi connectivity index (χ4n) is 1.93. The van der Waals surface area contributed by atoms with Crippen molar-refractivity contribution < 1.29 is 4.79 Å². The first-order chi connectivity index (χ1) is 7.81. The van der Waals surface area contributed by atoms with Crippen LogP contribution >= 0.6 is 0 Å². The van der Waals surface area contributed by atoms with Crippen molar-refractivity contribution in [2.75, 3.05) is 12.0 Å². The van der Waals surface area contributed by atoms with Gasteiger partial charge in [0.2, 0.25) is 5.91 Å². The Bertz CT molecular complexity index is 380. The van der Waals surface area contributed by atoms with Crippen molar-refractivity contribution in [1.82, 2.24) is 9.88 Å². The molecule has 1 amide bonds. The molecule has 0 bridgehead atoms. The van der Waals surface area contributed by atoms with Crippen LogP contribution in [0.3, 0.4) is 0 Å². The van der Waals surface area contributed by atoms with Crippen LogP contribution in [0.4, 0.5) is 5.82 Å². The molecule has 0 spiro atoms. The number of nitrogens with zero attached hydrogens (tertiary/aromatic N) is 2. The molecule has 1 saturated heterocycles. The number of anilines is 1. The van der Waals surface area contributed by atoms with E-state index in [4.69, 9.17) is 5.84 Å². The molecule has 2 rings (SSSR count). The highest BCUT2D eigenvalue weighted by atomic mass is 16.2. The Morgan fingerprint density at radius 1 is 1.50 bits per heavy atom. The topological polar surface area (TPSA) is 71.2 Å². The minimum Gasteiger partial charge on any atom is -0.338 e. The summed E-state index contributed by atoms with van der Waals surface area (Å²) < 4.78 is 0. The zero-order valence-electron chi connectivity index (χ0n) is 9.15. The smallest absolute Gasteiger partial charge is 0.222 e. The minimum atomic E-state index is 0.220. The Hall–Kier alpha value is -1.62. The number of rotatable bonds is 3. The summed E-state index contributed by atoms with van der Waals surface area (Å²) in [5.41, 5.74) is 3.51. The van der Waals surface area contributed by atoms with Gasteiger partial charge in [0, 0.05) is 31.3 Å². The molecule has 0 aromatic carbocycles. The molecule has 16 heavy (non-hydrogen) atoms. The summed E-state index contributed by atoms with van der Waals surface area (Å²) in [6, 6.07) is 3.79. The van der Waals surface area contributed by atoms with Crippen LogP contribution in [0.5, 0.6) is 0 Å². The number of piperidine rings is 1. The van der Waals surface area contributed by atoms with E-state index in [0.29, 0.717) is 18.8 Å². The molecule has 3 N–H and O–H groups in total. The van der Waals surface area contributed by atoms with Crippen LogP contribution in [0.2, 0.25) is 0 Å². The van der Waals surface area contributed by atoms with Gasteiger partial charge in [-0.1, -0.05) is 6.07 Å². The molecule has 1 aromatic heterocycles. The number of pyridine rings is 1. The third-order valence-corrected chi connectivity index (χ3v) is 2.81. The molecular formula is C11H16N4O. The number of nitrogen functional groups attached to an aromatic ring is 1. The molecule has 1 aliphatic heterocycles. The maximum atomic E-state index is 11.7. The average molecular weight is 220 g/mol. The Morgan fingerprint density at radius 2 is 2.38 bits per heavy atom. The largest absolute Gasteiger partial charge is 0.338 e. The maximum Gasteiger partial charge on any atom is 0.222 e. The van der Waals surface area contributed by atoms with E-state index in [-0.39, 0.29) is 5.91 Å². The number of amides is 1. The number of nitrogens with two attached hydrogens (primary N) is 1. The molecule has 5 nitrogen and oxygen atoms in total. The standard InChI is InChI=1S/C11H16N4O/c12-14-11-9(4-3-6-13-11)8-15-7-2-1-5-10(15)16/h3-4,6H,1-2,5,7-8,12H2,(H,13,14). The van der Waals surface area contributed by atoms with E-state index < -0.39 is 0 Å². The summed E-state index contributed by atoms with van der Waals surface area (Å²) in [6.07, 6.45) is 4.42. The SMILES string of the molecule is NNc1ncccc1CN1CCCCC1=O. The Morgan fingerprint density at radius 3 is 3.12 bits per heavy atom. The van der Waals surface area contributed by atoms with Crippen LogP contribution in [0, 0.1) is 0 Å². The molecule has 0 aliphatic carbocycles. The van der Waals surface area contributed by atoms with Crippen molar-refractivity contribution in [3.63, 3.8) is 0 Å². The van der Waals surface area contributed by atoms with E-state index in [1.54, 1.807) is 6.20 Å². The number of carbonyl (C=O) groups excluding carboxylic acids is 1. The minimum absolute atomic E-state index is 0.220. The molecule has 1 fully saturated rings. The van der Waals surface area contributed by atoms with Gasteiger partial charge in [-0.05, 0) is 18.9 Å². The fourth-order valence-corrected chi connectivity index (χ4v) is 1.93. The van der Waals surface area contributed by atoms with Crippen molar-refractivity contribution in [1.29, 1.82) is 0 Å². The molecule has 5 heteroatoms. The second kappa shape index (κ2) is 4.94. The van der Waals surface area contributed by atoms with Crippen LogP contribution in [-0.2, 0) is 11.3 Å². The summed E-state index contributed by atoms with van der Waals surface area (Å²) in [4.78, 5) is 17.6. The molecule has 86 valence electrons.